The molecule has 0 saturated carbocycles. The van der Waals surface area contributed by atoms with E-state index in [2.05, 4.69) is 16.4 Å². The highest BCUT2D eigenvalue weighted by Gasteiger charge is 2.22. The van der Waals surface area contributed by atoms with Crippen molar-refractivity contribution in [1.29, 1.82) is 0 Å². The first-order valence-electron chi connectivity index (χ1n) is 3.51. The van der Waals surface area contributed by atoms with E-state index in [0.29, 0.717) is 0 Å². The van der Waals surface area contributed by atoms with E-state index in [1.165, 1.54) is 20.1 Å². The van der Waals surface area contributed by atoms with Gasteiger partial charge in [0.1, 0.15) is 0 Å². The van der Waals surface area contributed by atoms with E-state index in [-0.39, 0.29) is 11.4 Å². The lowest BCUT2D eigenvalue weighted by Crippen LogP contribution is -2.16. The average Bonchev–Trinajstić information content (AvgIpc) is 2.07. The third kappa shape index (κ3) is 3.00. The Labute approximate surface area is 76.2 Å². The monoisotopic (exact) mass is 187 g/mol. The van der Waals surface area contributed by atoms with Gasteiger partial charge in [-0.05, 0) is 13.6 Å². The Balaban J connectivity index is 5.02. The fourth-order valence-corrected chi connectivity index (χ4v) is 0.736. The summed E-state index contributed by atoms with van der Waals surface area (Å²) in [6.07, 6.45) is 1.21. The maximum atomic E-state index is 13.2. The summed E-state index contributed by atoms with van der Waals surface area (Å²) in [4.78, 5) is 3.23. The fourth-order valence-electron chi connectivity index (χ4n) is 0.736. The molecular formula is C7H11BFNO3. The van der Waals surface area contributed by atoms with Crippen molar-refractivity contribution in [3.63, 3.8) is 0 Å². The Hall–Kier alpha value is -1.14. The van der Waals surface area contributed by atoms with E-state index < -0.39 is 12.9 Å². The molecule has 72 valence electrons. The lowest BCUT2D eigenvalue weighted by molar-refractivity contribution is 0.274. The number of nitrogens with zero attached hydrogens (tertiary/aromatic N) is 1. The molecule has 0 radical (unpaired) electrons. The van der Waals surface area contributed by atoms with Crippen LogP contribution in [0.1, 0.15) is 6.92 Å². The van der Waals surface area contributed by atoms with Crippen LogP contribution in [-0.2, 0) is 4.74 Å². The van der Waals surface area contributed by atoms with Crippen molar-refractivity contribution < 1.29 is 19.2 Å². The van der Waals surface area contributed by atoms with Crippen molar-refractivity contribution in [2.45, 2.75) is 6.92 Å². The molecule has 13 heavy (non-hydrogen) atoms. The van der Waals surface area contributed by atoms with Crippen molar-refractivity contribution in [3.05, 3.63) is 23.3 Å². The van der Waals surface area contributed by atoms with E-state index in [0.717, 1.165) is 0 Å². The number of methoxy groups -OCH3 is 1. The van der Waals surface area contributed by atoms with Gasteiger partial charge < -0.3 is 14.8 Å². The molecule has 2 N–H and O–H groups in total. The van der Waals surface area contributed by atoms with Crippen molar-refractivity contribution in [3.8, 4) is 0 Å². The molecule has 0 aliphatic carbocycles. The first-order chi connectivity index (χ1) is 6.08. The predicted molar refractivity (Wildman–Crippen MR) is 48.6 cm³/mol. The summed E-state index contributed by atoms with van der Waals surface area (Å²) in [6.45, 7) is 4.53. The van der Waals surface area contributed by atoms with Gasteiger partial charge in [-0.15, -0.1) is 0 Å². The topological polar surface area (TPSA) is 62.0 Å². The second-order valence-corrected chi connectivity index (χ2v) is 2.10. The van der Waals surface area contributed by atoms with E-state index in [4.69, 9.17) is 10.0 Å². The molecule has 0 spiro atoms. The van der Waals surface area contributed by atoms with Crippen LogP contribution in [-0.4, -0.2) is 31.0 Å². The molecule has 0 fully saturated rings. The van der Waals surface area contributed by atoms with E-state index in [1.807, 2.05) is 0 Å². The van der Waals surface area contributed by atoms with E-state index in [9.17, 15) is 4.39 Å². The summed E-state index contributed by atoms with van der Waals surface area (Å²) < 4.78 is 17.7. The quantitative estimate of drug-likeness (QED) is 0.290. The molecule has 0 aromatic carbocycles. The van der Waals surface area contributed by atoms with Gasteiger partial charge in [0.15, 0.2) is 5.83 Å². The molecule has 0 rings (SSSR count). The standard InChI is InChI=1S/C7H11BFNO3/c1-4-5(8(11)12)6(9)7(10-2)13-3/h4,11-12H,2H2,1,3H3/b5-4+,7-6-. The zero-order valence-electron chi connectivity index (χ0n) is 7.49. The first-order valence-corrected chi connectivity index (χ1v) is 3.51. The normalized spacial score (nSPS) is 13.5. The Bertz CT molecular complexity index is 250. The van der Waals surface area contributed by atoms with Gasteiger partial charge in [-0.2, -0.15) is 0 Å². The van der Waals surface area contributed by atoms with Gasteiger partial charge in [0.25, 0.3) is 0 Å². The van der Waals surface area contributed by atoms with Crippen molar-refractivity contribution >= 4 is 13.8 Å². The van der Waals surface area contributed by atoms with Gasteiger partial charge >= 0.3 is 7.12 Å². The van der Waals surface area contributed by atoms with Crippen LogP contribution in [0.25, 0.3) is 0 Å². The molecular weight excluding hydrogens is 176 g/mol. The molecule has 0 amide bonds. The number of aliphatic imine (C=N–C) groups is 1. The Morgan fingerprint density at radius 3 is 2.38 bits per heavy atom. The van der Waals surface area contributed by atoms with E-state index in [1.54, 1.807) is 0 Å². The number of hydrogen-bond donors (Lipinski definition) is 2. The van der Waals surface area contributed by atoms with Gasteiger partial charge in [0.2, 0.25) is 5.88 Å². The Morgan fingerprint density at radius 1 is 1.62 bits per heavy atom. The number of hydrogen-bond acceptors (Lipinski definition) is 4. The minimum atomic E-state index is -1.89. The molecule has 0 heterocycles. The fraction of sp³-hybridized carbons (Fsp3) is 0.286. The summed E-state index contributed by atoms with van der Waals surface area (Å²) in [5.74, 6) is -1.31. The number of halogens is 1. The lowest BCUT2D eigenvalue weighted by atomic mass is 9.78. The predicted octanol–water partition coefficient (Wildman–Crippen LogP) is 0.430. The third-order valence-corrected chi connectivity index (χ3v) is 1.37. The maximum absolute atomic E-state index is 13.2. The van der Waals surface area contributed by atoms with Gasteiger partial charge in [0, 0.05) is 5.47 Å². The zero-order valence-corrected chi connectivity index (χ0v) is 7.49. The van der Waals surface area contributed by atoms with Crippen LogP contribution in [0.5, 0.6) is 0 Å². The molecule has 4 nitrogen and oxygen atoms in total. The highest BCUT2D eigenvalue weighted by Crippen LogP contribution is 2.18. The smallest absolute Gasteiger partial charge is 0.479 e. The van der Waals surface area contributed by atoms with Crippen LogP contribution in [0.15, 0.2) is 28.3 Å². The highest BCUT2D eigenvalue weighted by molar-refractivity contribution is 6.52. The molecule has 0 aromatic heterocycles. The van der Waals surface area contributed by atoms with Gasteiger partial charge in [-0.1, -0.05) is 6.08 Å². The number of allylic oxidation sites excluding steroid dienone is 3. The zero-order chi connectivity index (χ0) is 10.4. The first kappa shape index (κ1) is 11.9. The van der Waals surface area contributed by atoms with Crippen molar-refractivity contribution in [1.82, 2.24) is 0 Å². The molecule has 0 aliphatic rings. The summed E-state index contributed by atoms with van der Waals surface area (Å²) in [7, 11) is -0.683. The summed E-state index contributed by atoms with van der Waals surface area (Å²) in [6, 6.07) is 0. The molecule has 0 saturated heterocycles. The summed E-state index contributed by atoms with van der Waals surface area (Å²) in [5.41, 5.74) is -0.302. The average molecular weight is 187 g/mol. The minimum Gasteiger partial charge on any atom is -0.479 e. The lowest BCUT2D eigenvalue weighted by Gasteiger charge is -2.05. The van der Waals surface area contributed by atoms with Crippen molar-refractivity contribution in [2.24, 2.45) is 4.99 Å². The minimum absolute atomic E-state index is 0.302. The van der Waals surface area contributed by atoms with Crippen LogP contribution >= 0.6 is 0 Å². The Kier molecular flexibility index (Phi) is 5.02. The largest absolute Gasteiger partial charge is 0.491 e. The molecule has 0 aliphatic heterocycles. The molecule has 0 atom stereocenters. The second kappa shape index (κ2) is 5.50. The van der Waals surface area contributed by atoms with Crippen LogP contribution in [0.2, 0.25) is 0 Å². The molecule has 6 heteroatoms. The summed E-state index contributed by atoms with van der Waals surface area (Å²) in [5, 5.41) is 17.4. The Morgan fingerprint density at radius 2 is 2.15 bits per heavy atom. The van der Waals surface area contributed by atoms with Crippen LogP contribution in [0.4, 0.5) is 4.39 Å². The molecule has 0 unspecified atom stereocenters. The van der Waals surface area contributed by atoms with Crippen LogP contribution < -0.4 is 0 Å². The highest BCUT2D eigenvalue weighted by atomic mass is 19.1. The third-order valence-electron chi connectivity index (χ3n) is 1.37. The van der Waals surface area contributed by atoms with Crippen LogP contribution in [0, 0.1) is 0 Å². The van der Waals surface area contributed by atoms with Crippen molar-refractivity contribution in [2.75, 3.05) is 7.11 Å². The van der Waals surface area contributed by atoms with Gasteiger partial charge in [-0.3, -0.25) is 0 Å². The van der Waals surface area contributed by atoms with Crippen LogP contribution in [0.3, 0.4) is 0 Å². The number of ether oxygens (including phenoxy) is 1. The van der Waals surface area contributed by atoms with E-state index >= 15 is 0 Å². The number of rotatable bonds is 4. The molecule has 0 aromatic rings. The maximum Gasteiger partial charge on any atom is 0.491 e. The van der Waals surface area contributed by atoms with Gasteiger partial charge in [0.05, 0.1) is 7.11 Å². The molecule has 0 bridgehead atoms. The summed E-state index contributed by atoms with van der Waals surface area (Å²) >= 11 is 0. The second-order valence-electron chi connectivity index (χ2n) is 2.10. The van der Waals surface area contributed by atoms with Gasteiger partial charge in [-0.25, -0.2) is 9.38 Å². The SMILES string of the molecule is C=N/C(OC)=C(F)\C(=C/C)B(O)O.